The van der Waals surface area contributed by atoms with E-state index in [9.17, 15) is 4.79 Å². The molecule has 1 amide bonds. The number of amides is 1. The number of aryl methyl sites for hydroxylation is 1. The van der Waals surface area contributed by atoms with Crippen molar-refractivity contribution in [3.63, 3.8) is 0 Å². The Hall–Kier alpha value is -1.80. The van der Waals surface area contributed by atoms with E-state index in [0.29, 0.717) is 5.75 Å². The molecule has 3 rings (SSSR count). The summed E-state index contributed by atoms with van der Waals surface area (Å²) in [4.78, 5) is 16.4. The van der Waals surface area contributed by atoms with Gasteiger partial charge in [-0.15, -0.1) is 10.2 Å². The van der Waals surface area contributed by atoms with E-state index in [1.54, 1.807) is 6.26 Å². The van der Waals surface area contributed by atoms with E-state index in [1.165, 1.54) is 11.8 Å². The van der Waals surface area contributed by atoms with Gasteiger partial charge in [0.2, 0.25) is 5.91 Å². The fourth-order valence-electron chi connectivity index (χ4n) is 2.57. The molecule has 0 atom stereocenters. The van der Waals surface area contributed by atoms with Crippen LogP contribution in [0.4, 0.5) is 0 Å². The Morgan fingerprint density at radius 2 is 2.00 bits per heavy atom. The molecule has 0 N–H and O–H groups in total. The highest BCUT2D eigenvalue weighted by molar-refractivity contribution is 7.99. The van der Waals surface area contributed by atoms with Gasteiger partial charge in [-0.3, -0.25) is 4.79 Å². The molecule has 0 unspecified atom stereocenters. The van der Waals surface area contributed by atoms with E-state index in [2.05, 4.69) is 22.1 Å². The van der Waals surface area contributed by atoms with Gasteiger partial charge in [0.1, 0.15) is 5.76 Å². The number of likely N-dealkylation sites (N-methyl/N-ethyl adjacent to an activating group) is 1. The van der Waals surface area contributed by atoms with Gasteiger partial charge in [0.05, 0.1) is 17.6 Å². The Morgan fingerprint density at radius 1 is 1.26 bits per heavy atom. The van der Waals surface area contributed by atoms with Crippen molar-refractivity contribution in [2.75, 3.05) is 39.0 Å². The predicted octanol–water partition coefficient (Wildman–Crippen LogP) is 1.25. The lowest BCUT2D eigenvalue weighted by atomic mass is 10.2. The van der Waals surface area contributed by atoms with Gasteiger partial charge in [0, 0.05) is 33.2 Å². The standard InChI is InChI=1S/C15H21N5O2S/c1-11-12(4-9-22-11)14-16-17-15(19(14)3)23-10-13(21)20-7-5-18(2)6-8-20/h4,9H,5-8,10H2,1-3H3. The number of nitrogens with zero attached hydrogens (tertiary/aromatic N) is 5. The van der Waals surface area contributed by atoms with Crippen molar-refractivity contribution >= 4 is 17.7 Å². The molecule has 8 heteroatoms. The third kappa shape index (κ3) is 3.42. The molecular weight excluding hydrogens is 314 g/mol. The van der Waals surface area contributed by atoms with Gasteiger partial charge in [-0.2, -0.15) is 0 Å². The Bertz CT molecular complexity index is 688. The minimum absolute atomic E-state index is 0.159. The van der Waals surface area contributed by atoms with Crippen molar-refractivity contribution in [2.45, 2.75) is 12.1 Å². The molecule has 0 radical (unpaired) electrons. The van der Waals surface area contributed by atoms with Crippen molar-refractivity contribution in [1.82, 2.24) is 24.6 Å². The fourth-order valence-corrected chi connectivity index (χ4v) is 3.38. The number of hydrogen-bond donors (Lipinski definition) is 0. The van der Waals surface area contributed by atoms with Crippen LogP contribution in [0.25, 0.3) is 11.4 Å². The highest BCUT2D eigenvalue weighted by Gasteiger charge is 2.20. The largest absolute Gasteiger partial charge is 0.469 e. The molecule has 3 heterocycles. The Labute approximate surface area is 139 Å². The van der Waals surface area contributed by atoms with E-state index < -0.39 is 0 Å². The zero-order chi connectivity index (χ0) is 16.4. The smallest absolute Gasteiger partial charge is 0.233 e. The second-order valence-electron chi connectivity index (χ2n) is 5.73. The molecule has 1 aliphatic heterocycles. The first-order valence-electron chi connectivity index (χ1n) is 7.59. The quantitative estimate of drug-likeness (QED) is 0.784. The molecule has 0 spiro atoms. The number of carbonyl (C=O) groups excluding carboxylic acids is 1. The van der Waals surface area contributed by atoms with Crippen LogP contribution >= 0.6 is 11.8 Å². The highest BCUT2D eigenvalue weighted by Crippen LogP contribution is 2.25. The van der Waals surface area contributed by atoms with Gasteiger partial charge in [-0.25, -0.2) is 0 Å². The summed E-state index contributed by atoms with van der Waals surface area (Å²) < 4.78 is 7.22. The van der Waals surface area contributed by atoms with Crippen molar-refractivity contribution < 1.29 is 9.21 Å². The van der Waals surface area contributed by atoms with Crippen LogP contribution in [0.5, 0.6) is 0 Å². The molecular formula is C15H21N5O2S. The minimum atomic E-state index is 0.159. The van der Waals surface area contributed by atoms with Crippen LogP contribution in [-0.4, -0.2) is 69.5 Å². The van der Waals surface area contributed by atoms with Crippen molar-refractivity contribution in [2.24, 2.45) is 7.05 Å². The number of furan rings is 1. The van der Waals surface area contributed by atoms with Crippen LogP contribution < -0.4 is 0 Å². The lowest BCUT2D eigenvalue weighted by Crippen LogP contribution is -2.47. The van der Waals surface area contributed by atoms with E-state index >= 15 is 0 Å². The number of carbonyl (C=O) groups is 1. The normalized spacial score (nSPS) is 16.0. The van der Waals surface area contributed by atoms with Crippen molar-refractivity contribution in [3.05, 3.63) is 18.1 Å². The Morgan fingerprint density at radius 3 is 2.65 bits per heavy atom. The Balaban J connectivity index is 1.62. The molecule has 7 nitrogen and oxygen atoms in total. The summed E-state index contributed by atoms with van der Waals surface area (Å²) in [6, 6.07) is 1.88. The zero-order valence-electron chi connectivity index (χ0n) is 13.7. The summed E-state index contributed by atoms with van der Waals surface area (Å²) in [6.45, 7) is 5.37. The van der Waals surface area contributed by atoms with Gasteiger partial charge in [-0.05, 0) is 20.0 Å². The third-order valence-corrected chi connectivity index (χ3v) is 5.12. The summed E-state index contributed by atoms with van der Waals surface area (Å²) in [5.74, 6) is 2.11. The second kappa shape index (κ2) is 6.76. The number of hydrogen-bond acceptors (Lipinski definition) is 6. The van der Waals surface area contributed by atoms with E-state index in [0.717, 1.165) is 48.5 Å². The predicted molar refractivity (Wildman–Crippen MR) is 88.2 cm³/mol. The van der Waals surface area contributed by atoms with E-state index in [1.807, 2.05) is 29.5 Å². The maximum absolute atomic E-state index is 12.3. The van der Waals surface area contributed by atoms with Crippen molar-refractivity contribution in [1.29, 1.82) is 0 Å². The van der Waals surface area contributed by atoms with Gasteiger partial charge in [-0.1, -0.05) is 11.8 Å². The van der Waals surface area contributed by atoms with E-state index in [4.69, 9.17) is 4.42 Å². The monoisotopic (exact) mass is 335 g/mol. The first-order chi connectivity index (χ1) is 11.1. The lowest BCUT2D eigenvalue weighted by molar-refractivity contribution is -0.129. The average Bonchev–Trinajstić information content (AvgIpc) is 3.11. The van der Waals surface area contributed by atoms with Gasteiger partial charge >= 0.3 is 0 Å². The number of piperazine rings is 1. The van der Waals surface area contributed by atoms with Crippen molar-refractivity contribution in [3.8, 4) is 11.4 Å². The first kappa shape index (κ1) is 16.1. The molecule has 2 aromatic heterocycles. The topological polar surface area (TPSA) is 67.4 Å². The summed E-state index contributed by atoms with van der Waals surface area (Å²) in [5, 5.41) is 9.16. The van der Waals surface area contributed by atoms with Gasteiger partial charge < -0.3 is 18.8 Å². The second-order valence-corrected chi connectivity index (χ2v) is 6.67. The minimum Gasteiger partial charge on any atom is -0.469 e. The molecule has 0 aliphatic carbocycles. The highest BCUT2D eigenvalue weighted by atomic mass is 32.2. The number of aromatic nitrogens is 3. The Kier molecular flexibility index (Phi) is 4.72. The van der Waals surface area contributed by atoms with E-state index in [-0.39, 0.29) is 5.91 Å². The molecule has 124 valence electrons. The van der Waals surface area contributed by atoms with Crippen LogP contribution in [0.3, 0.4) is 0 Å². The summed E-state index contributed by atoms with van der Waals surface area (Å²) >= 11 is 1.43. The van der Waals surface area contributed by atoms with Crippen LogP contribution in [0, 0.1) is 6.92 Å². The molecule has 23 heavy (non-hydrogen) atoms. The fraction of sp³-hybridized carbons (Fsp3) is 0.533. The average molecular weight is 335 g/mol. The van der Waals surface area contributed by atoms with Crippen LogP contribution in [-0.2, 0) is 11.8 Å². The van der Waals surface area contributed by atoms with Gasteiger partial charge in [0.15, 0.2) is 11.0 Å². The molecule has 1 aliphatic rings. The van der Waals surface area contributed by atoms with Gasteiger partial charge in [0.25, 0.3) is 0 Å². The number of rotatable bonds is 4. The van der Waals surface area contributed by atoms with Crippen LogP contribution in [0.2, 0.25) is 0 Å². The van der Waals surface area contributed by atoms with Crippen LogP contribution in [0.1, 0.15) is 5.76 Å². The summed E-state index contributed by atoms with van der Waals surface area (Å²) in [7, 11) is 3.99. The summed E-state index contributed by atoms with van der Waals surface area (Å²) in [5.41, 5.74) is 0.928. The molecule has 2 aromatic rings. The SMILES string of the molecule is Cc1occc1-c1nnc(SCC(=O)N2CCN(C)CC2)n1C. The molecule has 0 aromatic carbocycles. The molecule has 1 fully saturated rings. The molecule has 0 bridgehead atoms. The summed E-state index contributed by atoms with van der Waals surface area (Å²) in [6.07, 6.45) is 1.64. The third-order valence-electron chi connectivity index (χ3n) is 4.12. The molecule has 1 saturated heterocycles. The zero-order valence-corrected chi connectivity index (χ0v) is 14.5. The van der Waals surface area contributed by atoms with Crippen LogP contribution in [0.15, 0.2) is 21.9 Å². The maximum atomic E-state index is 12.3. The maximum Gasteiger partial charge on any atom is 0.233 e. The number of thioether (sulfide) groups is 1. The lowest BCUT2D eigenvalue weighted by Gasteiger charge is -2.32. The first-order valence-corrected chi connectivity index (χ1v) is 8.58. The molecule has 0 saturated carbocycles.